The van der Waals surface area contributed by atoms with Gasteiger partial charge in [-0.3, -0.25) is 0 Å². The van der Waals surface area contributed by atoms with Crippen LogP contribution in [0, 0.1) is 11.3 Å². The van der Waals surface area contributed by atoms with Gasteiger partial charge in [0.2, 0.25) is 0 Å². The summed E-state index contributed by atoms with van der Waals surface area (Å²) < 4.78 is 1.30. The van der Waals surface area contributed by atoms with Crippen molar-refractivity contribution in [1.82, 2.24) is 0 Å². The van der Waals surface area contributed by atoms with Gasteiger partial charge in [-0.05, 0) is 41.7 Å². The van der Waals surface area contributed by atoms with E-state index in [1.54, 1.807) is 11.3 Å². The Balaban J connectivity index is 2.09. The summed E-state index contributed by atoms with van der Waals surface area (Å²) in [7, 11) is 0. The highest BCUT2D eigenvalue weighted by atomic mass is 32.1. The van der Waals surface area contributed by atoms with E-state index in [2.05, 4.69) is 42.5 Å². The second-order valence-electron chi connectivity index (χ2n) is 4.18. The number of rotatable bonds is 1. The van der Waals surface area contributed by atoms with Gasteiger partial charge in [-0.15, -0.1) is 11.3 Å². The number of nitriles is 1. The summed E-state index contributed by atoms with van der Waals surface area (Å²) in [5, 5.41) is 10.3. The Kier molecular flexibility index (Phi) is 2.84. The first-order valence-corrected chi connectivity index (χ1v) is 6.65. The minimum Gasteiger partial charge on any atom is -0.192 e. The van der Waals surface area contributed by atoms with Gasteiger partial charge in [0.1, 0.15) is 0 Å². The molecule has 0 amide bonds. The highest BCUT2D eigenvalue weighted by molar-refractivity contribution is 7.20. The van der Waals surface area contributed by atoms with Crippen molar-refractivity contribution in [3.63, 3.8) is 0 Å². The Hall–Kier alpha value is -2.11. The monoisotopic (exact) mass is 249 g/mol. The van der Waals surface area contributed by atoms with E-state index in [-0.39, 0.29) is 0 Å². The molecule has 0 fully saturated rings. The molecule has 0 atom stereocenters. The van der Waals surface area contributed by atoms with Crippen molar-refractivity contribution >= 4 is 27.0 Å². The van der Waals surface area contributed by atoms with Crippen LogP contribution in [-0.4, -0.2) is 0 Å². The summed E-state index contributed by atoms with van der Waals surface area (Å²) in [4.78, 5) is 1.25. The molecule has 86 valence electrons. The molecule has 1 aromatic heterocycles. The van der Waals surface area contributed by atoms with Gasteiger partial charge in [0.15, 0.2) is 0 Å². The van der Waals surface area contributed by atoms with E-state index in [0.29, 0.717) is 0 Å². The van der Waals surface area contributed by atoms with E-state index < -0.39 is 0 Å². The van der Waals surface area contributed by atoms with Gasteiger partial charge in [0.25, 0.3) is 0 Å². The Bertz CT molecular complexity index is 690. The van der Waals surface area contributed by atoms with Crippen molar-refractivity contribution < 1.29 is 0 Å². The molecule has 0 radical (unpaired) electrons. The van der Waals surface area contributed by atoms with E-state index in [1.807, 2.05) is 18.2 Å². The number of thiophene rings is 1. The van der Waals surface area contributed by atoms with Crippen LogP contribution >= 0.6 is 11.3 Å². The summed E-state index contributed by atoms with van der Waals surface area (Å²) >= 11 is 1.79. The second kappa shape index (κ2) is 4.64. The molecule has 1 aliphatic rings. The lowest BCUT2D eigenvalue weighted by Gasteiger charge is -1.99. The van der Waals surface area contributed by atoms with E-state index in [1.165, 1.54) is 20.5 Å². The molecule has 2 heteroatoms. The highest BCUT2D eigenvalue weighted by Crippen LogP contribution is 2.33. The third-order valence-electron chi connectivity index (χ3n) is 2.95. The second-order valence-corrected chi connectivity index (χ2v) is 5.27. The summed E-state index contributed by atoms with van der Waals surface area (Å²) in [5.41, 5.74) is 1.94. The Morgan fingerprint density at radius 2 is 2.11 bits per heavy atom. The van der Waals surface area contributed by atoms with Crippen LogP contribution in [0.2, 0.25) is 0 Å². The lowest BCUT2D eigenvalue weighted by Crippen LogP contribution is -1.78. The van der Waals surface area contributed by atoms with Crippen molar-refractivity contribution in [3.8, 4) is 6.07 Å². The number of benzene rings is 1. The summed E-state index contributed by atoms with van der Waals surface area (Å²) in [6.07, 6.45) is 8.79. The van der Waals surface area contributed by atoms with Crippen LogP contribution in [0.3, 0.4) is 0 Å². The van der Waals surface area contributed by atoms with Gasteiger partial charge >= 0.3 is 0 Å². The topological polar surface area (TPSA) is 23.8 Å². The first kappa shape index (κ1) is 11.0. The quantitative estimate of drug-likeness (QED) is 0.719. The van der Waals surface area contributed by atoms with Crippen molar-refractivity contribution in [3.05, 3.63) is 65.1 Å². The molecule has 3 rings (SSSR count). The molecule has 2 aromatic rings. The zero-order valence-corrected chi connectivity index (χ0v) is 10.6. The average molecular weight is 249 g/mol. The van der Waals surface area contributed by atoms with Crippen LogP contribution in [0.4, 0.5) is 0 Å². The van der Waals surface area contributed by atoms with Crippen molar-refractivity contribution in [2.75, 3.05) is 0 Å². The maximum absolute atomic E-state index is 9.03. The molecule has 1 heterocycles. The first-order valence-electron chi connectivity index (χ1n) is 5.83. The van der Waals surface area contributed by atoms with Crippen molar-refractivity contribution in [2.24, 2.45) is 0 Å². The van der Waals surface area contributed by atoms with Gasteiger partial charge in [-0.1, -0.05) is 30.4 Å². The van der Waals surface area contributed by atoms with Crippen LogP contribution in [0.15, 0.2) is 60.2 Å². The molecule has 18 heavy (non-hydrogen) atoms. The minimum absolute atomic E-state index is 0.719. The highest BCUT2D eigenvalue weighted by Gasteiger charge is 2.07. The SMILES string of the molecule is N#CC1=CC=CCC(c2cc3ccccc3s2)=C1. The maximum atomic E-state index is 9.03. The average Bonchev–Trinajstić information content (AvgIpc) is 2.69. The van der Waals surface area contributed by atoms with E-state index in [4.69, 9.17) is 5.26 Å². The van der Waals surface area contributed by atoms with Crippen LogP contribution in [0.25, 0.3) is 15.7 Å². The van der Waals surface area contributed by atoms with Crippen LogP contribution in [0.5, 0.6) is 0 Å². The fourth-order valence-electron chi connectivity index (χ4n) is 2.04. The Morgan fingerprint density at radius 1 is 1.22 bits per heavy atom. The van der Waals surface area contributed by atoms with Gasteiger partial charge in [0, 0.05) is 9.58 Å². The third-order valence-corrected chi connectivity index (χ3v) is 4.14. The molecule has 0 spiro atoms. The Morgan fingerprint density at radius 3 is 2.94 bits per heavy atom. The van der Waals surface area contributed by atoms with Gasteiger partial charge in [0.05, 0.1) is 11.6 Å². The van der Waals surface area contributed by atoms with Crippen LogP contribution in [-0.2, 0) is 0 Å². The van der Waals surface area contributed by atoms with Gasteiger partial charge < -0.3 is 0 Å². The molecule has 0 aliphatic heterocycles. The maximum Gasteiger partial charge on any atom is 0.0991 e. The van der Waals surface area contributed by atoms with Gasteiger partial charge in [-0.2, -0.15) is 5.26 Å². The molecular weight excluding hydrogens is 238 g/mol. The lowest BCUT2D eigenvalue weighted by molar-refractivity contribution is 1.43. The fourth-order valence-corrected chi connectivity index (χ4v) is 3.13. The fraction of sp³-hybridized carbons (Fsp3) is 0.0625. The minimum atomic E-state index is 0.719. The zero-order chi connectivity index (χ0) is 12.4. The molecule has 0 N–H and O–H groups in total. The summed E-state index contributed by atoms with van der Waals surface area (Å²) in [6, 6.07) is 12.8. The van der Waals surface area contributed by atoms with Crippen molar-refractivity contribution in [2.45, 2.75) is 6.42 Å². The third kappa shape index (κ3) is 2.01. The van der Waals surface area contributed by atoms with E-state index >= 15 is 0 Å². The standard InChI is InChI=1S/C16H11NS/c17-11-12-5-1-2-6-13(9-12)16-10-14-7-3-4-8-15(14)18-16/h1-5,7-10H,6H2. The van der Waals surface area contributed by atoms with E-state index in [0.717, 1.165) is 12.0 Å². The number of allylic oxidation sites excluding steroid dienone is 6. The first-order chi connectivity index (χ1) is 8.86. The largest absolute Gasteiger partial charge is 0.192 e. The van der Waals surface area contributed by atoms with Crippen LogP contribution < -0.4 is 0 Å². The number of hydrogen-bond acceptors (Lipinski definition) is 2. The zero-order valence-electron chi connectivity index (χ0n) is 9.76. The molecule has 1 aromatic carbocycles. The van der Waals surface area contributed by atoms with Crippen LogP contribution in [0.1, 0.15) is 11.3 Å². The summed E-state index contributed by atoms with van der Waals surface area (Å²) in [6.45, 7) is 0. The normalized spacial score (nSPS) is 14.8. The molecule has 1 aliphatic carbocycles. The van der Waals surface area contributed by atoms with Crippen molar-refractivity contribution in [1.29, 1.82) is 5.26 Å². The summed E-state index contributed by atoms with van der Waals surface area (Å²) in [5.74, 6) is 0. The van der Waals surface area contributed by atoms with E-state index in [9.17, 15) is 0 Å². The lowest BCUT2D eigenvalue weighted by atomic mass is 10.1. The number of hydrogen-bond donors (Lipinski definition) is 0. The molecule has 1 nitrogen and oxygen atoms in total. The Labute approximate surface area is 110 Å². The number of fused-ring (bicyclic) bond motifs is 1. The molecule has 0 unspecified atom stereocenters. The molecular formula is C16H11NS. The molecule has 0 bridgehead atoms. The molecule has 0 saturated carbocycles. The predicted molar refractivity (Wildman–Crippen MR) is 77.3 cm³/mol. The molecule has 0 saturated heterocycles. The predicted octanol–water partition coefficient (Wildman–Crippen LogP) is 4.69. The number of nitrogens with zero attached hydrogens (tertiary/aromatic N) is 1. The van der Waals surface area contributed by atoms with Gasteiger partial charge in [-0.25, -0.2) is 0 Å². The smallest absolute Gasteiger partial charge is 0.0991 e.